The van der Waals surface area contributed by atoms with Crippen LogP contribution in [-0.2, 0) is 16.6 Å². The summed E-state index contributed by atoms with van der Waals surface area (Å²) in [6.45, 7) is 0.465. The highest BCUT2D eigenvalue weighted by Gasteiger charge is 2.04. The molecule has 1 aromatic carbocycles. The van der Waals surface area contributed by atoms with Crippen molar-refractivity contribution in [3.63, 3.8) is 0 Å². The van der Waals surface area contributed by atoms with Crippen LogP contribution in [0.25, 0.3) is 0 Å². The highest BCUT2D eigenvalue weighted by atomic mass is 32.2. The summed E-state index contributed by atoms with van der Waals surface area (Å²) < 4.78 is 16.5. The monoisotopic (exact) mass is 259 g/mol. The Morgan fingerprint density at radius 3 is 2.82 bits per heavy atom. The molecule has 3 N–H and O–H groups in total. The topological polar surface area (TPSA) is 86.2 Å². The Hall–Kier alpha value is -0.950. The summed E-state index contributed by atoms with van der Waals surface area (Å²) in [5.41, 5.74) is 2.06. The average molecular weight is 259 g/mol. The molecule has 0 aliphatic rings. The first-order valence-corrected chi connectivity index (χ1v) is 7.01. The average Bonchev–Trinajstić information content (AvgIpc) is 2.28. The SMILES string of the molecule is CS(=O)Cc1cc([NH2+][O-])cc(OCCCO)c1. The van der Waals surface area contributed by atoms with E-state index >= 15 is 0 Å². The Balaban J connectivity index is 2.77. The fraction of sp³-hybridized carbons (Fsp3) is 0.455. The molecule has 0 amide bonds. The van der Waals surface area contributed by atoms with Crippen LogP contribution in [-0.4, -0.2) is 28.8 Å². The van der Waals surface area contributed by atoms with Crippen LogP contribution in [0, 0.1) is 5.21 Å². The van der Waals surface area contributed by atoms with Crippen LogP contribution < -0.4 is 10.2 Å². The van der Waals surface area contributed by atoms with Gasteiger partial charge >= 0.3 is 0 Å². The van der Waals surface area contributed by atoms with Gasteiger partial charge in [0.25, 0.3) is 0 Å². The molecule has 1 atom stereocenters. The van der Waals surface area contributed by atoms with Gasteiger partial charge in [-0.2, -0.15) is 0 Å². The van der Waals surface area contributed by atoms with E-state index in [0.717, 1.165) is 11.0 Å². The minimum absolute atomic E-state index is 0.0687. The minimum Gasteiger partial charge on any atom is -0.630 e. The van der Waals surface area contributed by atoms with E-state index in [1.807, 2.05) is 0 Å². The summed E-state index contributed by atoms with van der Waals surface area (Å²) in [6, 6.07) is 5.10. The van der Waals surface area contributed by atoms with E-state index in [1.54, 1.807) is 24.5 Å². The Morgan fingerprint density at radius 1 is 1.47 bits per heavy atom. The first-order valence-electron chi connectivity index (χ1n) is 5.28. The van der Waals surface area contributed by atoms with Crippen LogP contribution in [0.3, 0.4) is 0 Å². The Labute approximate surface area is 103 Å². The first-order chi connectivity index (χ1) is 8.15. The third-order valence-electron chi connectivity index (χ3n) is 2.07. The number of aliphatic hydroxyl groups excluding tert-OH is 1. The van der Waals surface area contributed by atoms with Crippen molar-refractivity contribution in [2.45, 2.75) is 12.2 Å². The lowest BCUT2D eigenvalue weighted by Gasteiger charge is -2.10. The van der Waals surface area contributed by atoms with Gasteiger partial charge in [0, 0.05) is 48.0 Å². The third kappa shape index (κ3) is 5.27. The molecule has 1 unspecified atom stereocenters. The second kappa shape index (κ2) is 7.39. The number of rotatable bonds is 7. The van der Waals surface area contributed by atoms with Crippen molar-refractivity contribution >= 4 is 16.5 Å². The van der Waals surface area contributed by atoms with Gasteiger partial charge < -0.3 is 20.5 Å². The van der Waals surface area contributed by atoms with Gasteiger partial charge in [0.15, 0.2) is 0 Å². The highest BCUT2D eigenvalue weighted by molar-refractivity contribution is 7.83. The molecule has 96 valence electrons. The van der Waals surface area contributed by atoms with Gasteiger partial charge in [-0.1, -0.05) is 0 Å². The summed E-state index contributed by atoms with van der Waals surface area (Å²) in [7, 11) is -0.954. The van der Waals surface area contributed by atoms with Crippen LogP contribution in [0.15, 0.2) is 18.2 Å². The van der Waals surface area contributed by atoms with Crippen LogP contribution in [0.4, 0.5) is 5.69 Å². The van der Waals surface area contributed by atoms with Gasteiger partial charge in [-0.15, -0.1) is 0 Å². The first kappa shape index (κ1) is 14.1. The van der Waals surface area contributed by atoms with E-state index in [4.69, 9.17) is 9.84 Å². The maximum absolute atomic E-state index is 11.1. The number of nitrogens with two attached hydrogens (primary N) is 1. The van der Waals surface area contributed by atoms with Gasteiger partial charge in [0.1, 0.15) is 11.4 Å². The summed E-state index contributed by atoms with van der Waals surface area (Å²) in [5, 5.41) is 19.4. The van der Waals surface area contributed by atoms with Crippen molar-refractivity contribution in [1.82, 2.24) is 0 Å². The molecule has 6 heteroatoms. The molecule has 0 saturated carbocycles. The van der Waals surface area contributed by atoms with Crippen molar-refractivity contribution in [2.75, 3.05) is 19.5 Å². The Kier molecular flexibility index (Phi) is 6.13. The molecule has 0 spiro atoms. The van der Waals surface area contributed by atoms with Gasteiger partial charge in [-0.05, 0) is 11.6 Å². The standard InChI is InChI=1S/C11H17NO4S/c1-17(15)8-9-5-10(12-14)7-11(6-9)16-4-2-3-13/h5-7,13H,2-4,8,12H2,1H3. The quantitative estimate of drug-likeness (QED) is 0.410. The lowest BCUT2D eigenvalue weighted by atomic mass is 10.2. The zero-order chi connectivity index (χ0) is 12.7. The molecule has 17 heavy (non-hydrogen) atoms. The lowest BCUT2D eigenvalue weighted by molar-refractivity contribution is -0.497. The molecule has 5 nitrogen and oxygen atoms in total. The van der Waals surface area contributed by atoms with E-state index < -0.39 is 10.8 Å². The molecule has 1 aromatic rings. The molecule has 0 saturated heterocycles. The maximum atomic E-state index is 11.1. The molecule has 0 bridgehead atoms. The maximum Gasteiger partial charge on any atom is 0.133 e. The van der Waals surface area contributed by atoms with Crippen LogP contribution in [0.2, 0.25) is 0 Å². The summed E-state index contributed by atoms with van der Waals surface area (Å²) in [5.74, 6) is 0.974. The largest absolute Gasteiger partial charge is 0.630 e. The second-order valence-electron chi connectivity index (χ2n) is 3.67. The van der Waals surface area contributed by atoms with Crippen LogP contribution in [0.5, 0.6) is 5.75 Å². The van der Waals surface area contributed by atoms with Crippen molar-refractivity contribution in [3.05, 3.63) is 29.0 Å². The Morgan fingerprint density at radius 2 is 2.24 bits per heavy atom. The third-order valence-corrected chi connectivity index (χ3v) is 2.81. The zero-order valence-corrected chi connectivity index (χ0v) is 10.5. The number of ether oxygens (including phenoxy) is 1. The van der Waals surface area contributed by atoms with Gasteiger partial charge in [0.05, 0.1) is 6.61 Å². The van der Waals surface area contributed by atoms with E-state index in [-0.39, 0.29) is 6.61 Å². The highest BCUT2D eigenvalue weighted by Crippen LogP contribution is 2.19. The van der Waals surface area contributed by atoms with Gasteiger partial charge in [-0.25, -0.2) is 0 Å². The normalized spacial score (nSPS) is 12.4. The number of hydrogen-bond donors (Lipinski definition) is 2. The summed E-state index contributed by atoms with van der Waals surface area (Å²) >= 11 is 0. The Bertz CT molecular complexity index is 384. The molecule has 0 fully saturated rings. The fourth-order valence-electron chi connectivity index (χ4n) is 1.41. The van der Waals surface area contributed by atoms with Gasteiger partial charge in [0.2, 0.25) is 0 Å². The predicted octanol–water partition coefficient (Wildman–Crippen LogP) is 0.0190. The van der Waals surface area contributed by atoms with Crippen molar-refractivity contribution < 1.29 is 19.5 Å². The molecule has 0 aliphatic heterocycles. The molecular weight excluding hydrogens is 242 g/mol. The molecule has 0 radical (unpaired) electrons. The van der Waals surface area contributed by atoms with E-state index in [1.165, 1.54) is 0 Å². The lowest BCUT2D eigenvalue weighted by Crippen LogP contribution is -2.70. The predicted molar refractivity (Wildman–Crippen MR) is 66.4 cm³/mol. The van der Waals surface area contributed by atoms with Crippen molar-refractivity contribution in [3.8, 4) is 5.75 Å². The second-order valence-corrected chi connectivity index (χ2v) is 5.11. The van der Waals surface area contributed by atoms with E-state index in [9.17, 15) is 9.42 Å². The van der Waals surface area contributed by atoms with Crippen molar-refractivity contribution in [1.29, 1.82) is 0 Å². The smallest absolute Gasteiger partial charge is 0.133 e. The van der Waals surface area contributed by atoms with Crippen LogP contribution >= 0.6 is 0 Å². The number of quaternary nitrogens is 1. The molecule has 1 rings (SSSR count). The van der Waals surface area contributed by atoms with E-state index in [0.29, 0.717) is 30.2 Å². The van der Waals surface area contributed by atoms with Crippen LogP contribution in [0.1, 0.15) is 12.0 Å². The number of hydrogen-bond acceptors (Lipinski definition) is 4. The zero-order valence-electron chi connectivity index (χ0n) is 9.72. The fourth-order valence-corrected chi connectivity index (χ4v) is 2.05. The van der Waals surface area contributed by atoms with Crippen molar-refractivity contribution in [2.24, 2.45) is 0 Å². The van der Waals surface area contributed by atoms with E-state index in [2.05, 4.69) is 0 Å². The molecular formula is C11H17NO4S. The summed E-state index contributed by atoms with van der Waals surface area (Å²) in [6.07, 6.45) is 2.15. The summed E-state index contributed by atoms with van der Waals surface area (Å²) in [4.78, 5) is 0. The van der Waals surface area contributed by atoms with Gasteiger partial charge in [-0.3, -0.25) is 4.21 Å². The minimum atomic E-state index is -0.954. The number of aliphatic hydroxyl groups is 1. The molecule has 0 aromatic heterocycles. The molecule has 0 aliphatic carbocycles. The number of benzene rings is 1. The molecule has 0 heterocycles.